The molecule has 4 heteroatoms. The molecule has 0 saturated heterocycles. The van der Waals surface area contributed by atoms with Gasteiger partial charge >= 0.3 is 23.1 Å². The Morgan fingerprint density at radius 2 is 1.67 bits per heavy atom. The summed E-state index contributed by atoms with van der Waals surface area (Å²) in [5.41, 5.74) is 0. The predicted molar refractivity (Wildman–Crippen MR) is 74.6 cm³/mol. The molecule has 0 aliphatic carbocycles. The molecule has 0 aliphatic heterocycles. The van der Waals surface area contributed by atoms with E-state index in [0.29, 0.717) is 0 Å². The average molecular weight is 259 g/mol. The van der Waals surface area contributed by atoms with Crippen LogP contribution in [0.4, 0.5) is 0 Å². The molecule has 0 aromatic rings. The monoisotopic (exact) mass is 258 g/mol. The highest BCUT2D eigenvalue weighted by Gasteiger charge is 2.12. The smallest absolute Gasteiger partial charge is 0.316 e. The zero-order valence-corrected chi connectivity index (χ0v) is 11.3. The fourth-order valence-electron chi connectivity index (χ4n) is 1.09. The molecule has 0 fully saturated rings. The van der Waals surface area contributed by atoms with Gasteiger partial charge in [0, 0.05) is 18.4 Å². The highest BCUT2D eigenvalue weighted by molar-refractivity contribution is 6.69. The van der Waals surface area contributed by atoms with Crippen molar-refractivity contribution in [3.8, 4) is 11.3 Å². The van der Waals surface area contributed by atoms with Gasteiger partial charge in [-0.25, -0.2) is 0 Å². The van der Waals surface area contributed by atoms with Crippen molar-refractivity contribution in [1.29, 1.82) is 0 Å². The number of halogens is 1. The number of hydrogen-bond acceptors (Lipinski definition) is 1. The van der Waals surface area contributed by atoms with E-state index >= 15 is 0 Å². The summed E-state index contributed by atoms with van der Waals surface area (Å²) < 4.78 is 5.75. The van der Waals surface area contributed by atoms with Crippen LogP contribution < -0.4 is 0 Å². The second-order valence-electron chi connectivity index (χ2n) is 4.40. The van der Waals surface area contributed by atoms with Crippen LogP contribution in [0.3, 0.4) is 0 Å². The minimum atomic E-state index is -1.28. The molecule has 0 aromatic carbocycles. The third kappa shape index (κ3) is 17.4. The van der Waals surface area contributed by atoms with Crippen molar-refractivity contribution in [3.05, 3.63) is 0 Å². The molecule has 0 radical (unpaired) electrons. The Morgan fingerprint density at radius 3 is 2.20 bits per heavy atom. The van der Waals surface area contributed by atoms with Gasteiger partial charge in [0.1, 0.15) is 0 Å². The maximum Gasteiger partial charge on any atom is 0.316 e. The van der Waals surface area contributed by atoms with Crippen molar-refractivity contribution in [2.75, 3.05) is 6.61 Å². The van der Waals surface area contributed by atoms with Crippen molar-refractivity contribution in [1.82, 2.24) is 0 Å². The van der Waals surface area contributed by atoms with E-state index < -0.39 is 8.32 Å². The molecule has 0 aliphatic rings. The lowest BCUT2D eigenvalue weighted by Crippen LogP contribution is -2.25. The van der Waals surface area contributed by atoms with Crippen LogP contribution in [0.15, 0.2) is 0 Å². The lowest BCUT2D eigenvalue weighted by atomic mass is 10.1. The topological polar surface area (TPSA) is 9.23 Å². The van der Waals surface area contributed by atoms with E-state index in [0.717, 1.165) is 19.4 Å². The quantitative estimate of drug-likeness (QED) is 0.388. The largest absolute Gasteiger partial charge is 0.418 e. The highest BCUT2D eigenvalue weighted by atomic mass is 35.5. The molecule has 1 nitrogen and oxygen atoms in total. The van der Waals surface area contributed by atoms with Gasteiger partial charge in [-0.15, -0.1) is 0 Å². The Labute approximate surface area is 117 Å². The van der Waals surface area contributed by atoms with Gasteiger partial charge in [0.25, 0.3) is 0 Å². The molecule has 0 heterocycles. The van der Waals surface area contributed by atoms with E-state index in [1.54, 1.807) is 0 Å². The molecule has 0 bridgehead atoms. The summed E-state index contributed by atoms with van der Waals surface area (Å²) in [6.45, 7) is 7.60. The summed E-state index contributed by atoms with van der Waals surface area (Å²) in [5, 5.41) is 2.39. The van der Waals surface area contributed by atoms with E-state index in [2.05, 4.69) is 30.9 Å². The van der Waals surface area contributed by atoms with E-state index in [-0.39, 0.29) is 23.1 Å². The molecule has 0 aromatic heterocycles. The van der Waals surface area contributed by atoms with Gasteiger partial charge in [-0.2, -0.15) is 0 Å². The van der Waals surface area contributed by atoms with Gasteiger partial charge in [0.2, 0.25) is 0 Å². The van der Waals surface area contributed by atoms with Crippen LogP contribution >= 0.6 is 11.6 Å². The Bertz CT molecular complexity index is 193. The van der Waals surface area contributed by atoms with Gasteiger partial charge in [-0.05, 0) is 44.1 Å². The van der Waals surface area contributed by atoms with Crippen molar-refractivity contribution in [2.24, 2.45) is 0 Å². The number of hydrogen-bond donors (Lipinski definition) is 0. The molecular weight excluding hydrogens is 236 g/mol. The van der Waals surface area contributed by atoms with Gasteiger partial charge in [0.05, 0.1) is 0 Å². The Balaban J connectivity index is 0. The maximum atomic E-state index is 5.75. The van der Waals surface area contributed by atoms with Crippen LogP contribution in [-0.4, -0.2) is 38.0 Å². The summed E-state index contributed by atoms with van der Waals surface area (Å²) >= 11 is 5.24. The molecular formula is C11H23ClMgOSi. The lowest BCUT2D eigenvalue weighted by molar-refractivity contribution is 0.299. The summed E-state index contributed by atoms with van der Waals surface area (Å²) in [4.78, 5) is 0. The Kier molecular flexibility index (Phi) is 13.7. The van der Waals surface area contributed by atoms with Crippen LogP contribution in [0.25, 0.3) is 0 Å². The van der Waals surface area contributed by atoms with Gasteiger partial charge in [-0.3, -0.25) is 0 Å². The normalized spacial score (nSPS) is 10.1. The van der Waals surface area contributed by atoms with Crippen LogP contribution in [0.1, 0.15) is 32.1 Å². The Morgan fingerprint density at radius 1 is 1.07 bits per heavy atom. The molecule has 0 rings (SSSR count). The second-order valence-corrected chi connectivity index (χ2v) is 9.10. The molecule has 0 N–H and O–H groups in total. The second kappa shape index (κ2) is 11.3. The third-order valence-electron chi connectivity index (χ3n) is 1.80. The summed E-state index contributed by atoms with van der Waals surface area (Å²) in [6.07, 6.45) is 5.75. The van der Waals surface area contributed by atoms with E-state index in [1.807, 2.05) is 0 Å². The van der Waals surface area contributed by atoms with E-state index in [4.69, 9.17) is 16.0 Å². The first kappa shape index (κ1) is 18.2. The summed E-state index contributed by atoms with van der Waals surface area (Å²) in [7, 11) is -1.28. The minimum Gasteiger partial charge on any atom is -0.418 e. The number of unbranched alkanes of at least 4 members (excludes halogenated alkanes) is 4. The molecule has 0 amide bonds. The van der Waals surface area contributed by atoms with Crippen LogP contribution in [-0.2, 0) is 4.43 Å². The first-order chi connectivity index (χ1) is 6.56. The minimum absolute atomic E-state index is 0. The highest BCUT2D eigenvalue weighted by Crippen LogP contribution is 2.07. The van der Waals surface area contributed by atoms with Crippen molar-refractivity contribution < 1.29 is 4.43 Å². The van der Waals surface area contributed by atoms with Crippen LogP contribution in [0.5, 0.6) is 0 Å². The SMILES string of the molecule is C[Si](C)(C)OCCCCCCC#CCl.[MgH2]. The first-order valence-electron chi connectivity index (χ1n) is 5.29. The maximum absolute atomic E-state index is 5.75. The lowest BCUT2D eigenvalue weighted by Gasteiger charge is -2.16. The summed E-state index contributed by atoms with van der Waals surface area (Å²) in [6, 6.07) is 0. The summed E-state index contributed by atoms with van der Waals surface area (Å²) in [5.74, 6) is 2.85. The standard InChI is InChI=1S/C11H21ClOSi.Mg.2H/c1-14(2,3)13-11-9-7-5-4-6-8-10-12;;;/h4-7,9,11H2,1-3H3;;;. The van der Waals surface area contributed by atoms with E-state index in [1.165, 1.54) is 19.3 Å². The molecule has 0 spiro atoms. The molecule has 0 atom stereocenters. The van der Waals surface area contributed by atoms with Crippen molar-refractivity contribution >= 4 is 43.0 Å². The predicted octanol–water partition coefficient (Wildman–Crippen LogP) is 3.07. The fraction of sp³-hybridized carbons (Fsp3) is 0.818. The molecule has 86 valence electrons. The molecule has 0 unspecified atom stereocenters. The van der Waals surface area contributed by atoms with Crippen LogP contribution in [0, 0.1) is 11.3 Å². The number of rotatable bonds is 7. The van der Waals surface area contributed by atoms with E-state index in [9.17, 15) is 0 Å². The third-order valence-corrected chi connectivity index (χ3v) is 3.00. The molecule has 0 saturated carbocycles. The van der Waals surface area contributed by atoms with Crippen LogP contribution in [0.2, 0.25) is 19.6 Å². The van der Waals surface area contributed by atoms with Gasteiger partial charge in [-0.1, -0.05) is 18.8 Å². The van der Waals surface area contributed by atoms with Crippen molar-refractivity contribution in [3.63, 3.8) is 0 Å². The van der Waals surface area contributed by atoms with Gasteiger partial charge < -0.3 is 4.43 Å². The fourth-order valence-corrected chi connectivity index (χ4v) is 1.95. The Hall–Kier alpha value is 0.793. The van der Waals surface area contributed by atoms with Crippen molar-refractivity contribution in [2.45, 2.75) is 51.7 Å². The average Bonchev–Trinajstić information content (AvgIpc) is 2.08. The zero-order valence-electron chi connectivity index (χ0n) is 9.53. The molecule has 15 heavy (non-hydrogen) atoms. The zero-order chi connectivity index (χ0) is 10.9. The van der Waals surface area contributed by atoms with Gasteiger partial charge in [0.15, 0.2) is 8.32 Å². The first-order valence-corrected chi connectivity index (χ1v) is 9.07.